The lowest BCUT2D eigenvalue weighted by atomic mass is 10.0. The molecule has 1 saturated heterocycles. The Bertz CT molecular complexity index is 361. The molecule has 0 aromatic carbocycles. The summed E-state index contributed by atoms with van der Waals surface area (Å²) in [6.45, 7) is 3.03. The summed E-state index contributed by atoms with van der Waals surface area (Å²) < 4.78 is 0. The molecule has 15 heavy (non-hydrogen) atoms. The van der Waals surface area contributed by atoms with Crippen LogP contribution < -0.4 is 0 Å². The van der Waals surface area contributed by atoms with Crippen molar-refractivity contribution in [3.05, 3.63) is 16.3 Å². The molecule has 1 aliphatic rings. The van der Waals surface area contributed by atoms with Gasteiger partial charge in [0, 0.05) is 22.9 Å². The lowest BCUT2D eigenvalue weighted by Gasteiger charge is -2.33. The van der Waals surface area contributed by atoms with E-state index in [0.717, 1.165) is 29.2 Å². The highest BCUT2D eigenvalue weighted by Crippen LogP contribution is 2.23. The smallest absolute Gasteiger partial charge is 0.264 e. The first-order valence-electron chi connectivity index (χ1n) is 5.27. The number of amides is 1. The van der Waals surface area contributed by atoms with Crippen LogP contribution in [0.3, 0.4) is 0 Å². The minimum absolute atomic E-state index is 0.174. The van der Waals surface area contributed by atoms with Crippen LogP contribution in [0.5, 0.6) is 0 Å². The number of hydrogen-bond donors (Lipinski definition) is 1. The van der Waals surface area contributed by atoms with Gasteiger partial charge in [-0.3, -0.25) is 4.79 Å². The largest absolute Gasteiger partial charge is 0.335 e. The third-order valence-corrected chi connectivity index (χ3v) is 4.21. The molecular formula is C11H15NOS2. The normalized spacial score (nSPS) is 21.7. The molecule has 82 valence electrons. The van der Waals surface area contributed by atoms with Gasteiger partial charge in [-0.15, -0.1) is 24.0 Å². The highest BCUT2D eigenvalue weighted by molar-refractivity contribution is 7.80. The van der Waals surface area contributed by atoms with E-state index in [2.05, 4.69) is 19.6 Å². The zero-order valence-corrected chi connectivity index (χ0v) is 10.5. The van der Waals surface area contributed by atoms with E-state index in [1.807, 2.05) is 16.3 Å². The van der Waals surface area contributed by atoms with Gasteiger partial charge in [-0.2, -0.15) is 0 Å². The van der Waals surface area contributed by atoms with Gasteiger partial charge in [0.1, 0.15) is 0 Å². The van der Waals surface area contributed by atoms with E-state index >= 15 is 0 Å². The van der Waals surface area contributed by atoms with E-state index in [9.17, 15) is 4.79 Å². The molecule has 4 heteroatoms. The maximum absolute atomic E-state index is 12.1. The number of rotatable bonds is 1. The summed E-state index contributed by atoms with van der Waals surface area (Å²) in [6.07, 6.45) is 3.51. The van der Waals surface area contributed by atoms with Gasteiger partial charge in [0.25, 0.3) is 5.91 Å². The Balaban J connectivity index is 2.13. The Morgan fingerprint density at radius 2 is 2.40 bits per heavy atom. The van der Waals surface area contributed by atoms with Crippen molar-refractivity contribution in [3.63, 3.8) is 0 Å². The summed E-state index contributed by atoms with van der Waals surface area (Å²) in [5.41, 5.74) is 0. The fraction of sp³-hybridized carbons (Fsp3) is 0.545. The van der Waals surface area contributed by atoms with Crippen LogP contribution in [0.4, 0.5) is 0 Å². The van der Waals surface area contributed by atoms with E-state index in [1.165, 1.54) is 17.8 Å². The molecule has 2 heterocycles. The molecule has 0 N–H and O–H groups in total. The van der Waals surface area contributed by atoms with Gasteiger partial charge in [0.2, 0.25) is 0 Å². The van der Waals surface area contributed by atoms with Gasteiger partial charge in [-0.1, -0.05) is 0 Å². The molecule has 0 saturated carbocycles. The van der Waals surface area contributed by atoms with Crippen molar-refractivity contribution in [3.8, 4) is 0 Å². The zero-order valence-electron chi connectivity index (χ0n) is 8.77. The summed E-state index contributed by atoms with van der Waals surface area (Å²) >= 11 is 5.71. The molecule has 0 bridgehead atoms. The van der Waals surface area contributed by atoms with Gasteiger partial charge in [-0.25, -0.2) is 0 Å². The fourth-order valence-corrected chi connectivity index (χ4v) is 3.08. The van der Waals surface area contributed by atoms with E-state index in [1.54, 1.807) is 0 Å². The highest BCUT2D eigenvalue weighted by Gasteiger charge is 2.24. The van der Waals surface area contributed by atoms with Crippen LogP contribution in [0.25, 0.3) is 0 Å². The minimum Gasteiger partial charge on any atom is -0.335 e. The first-order chi connectivity index (χ1) is 7.18. The van der Waals surface area contributed by atoms with E-state index in [0.29, 0.717) is 6.04 Å². The second kappa shape index (κ2) is 4.58. The molecular weight excluding hydrogens is 226 g/mol. The first kappa shape index (κ1) is 11.0. The van der Waals surface area contributed by atoms with Crippen LogP contribution in [0.2, 0.25) is 0 Å². The average molecular weight is 241 g/mol. The number of hydrogen-bond acceptors (Lipinski definition) is 3. The van der Waals surface area contributed by atoms with Crippen molar-refractivity contribution in [2.75, 3.05) is 6.54 Å². The number of likely N-dealkylation sites (tertiary alicyclic amines) is 1. The van der Waals surface area contributed by atoms with Gasteiger partial charge >= 0.3 is 0 Å². The van der Waals surface area contributed by atoms with Gasteiger partial charge in [0.05, 0.1) is 4.88 Å². The number of nitrogens with zero attached hydrogens (tertiary/aromatic N) is 1. The highest BCUT2D eigenvalue weighted by atomic mass is 32.1. The van der Waals surface area contributed by atoms with Gasteiger partial charge < -0.3 is 4.90 Å². The molecule has 1 aliphatic heterocycles. The van der Waals surface area contributed by atoms with Crippen molar-refractivity contribution in [1.82, 2.24) is 4.90 Å². The zero-order chi connectivity index (χ0) is 10.8. The molecule has 1 aromatic rings. The maximum atomic E-state index is 12.1. The second-order valence-electron chi connectivity index (χ2n) is 4.01. The first-order valence-corrected chi connectivity index (χ1v) is 6.59. The van der Waals surface area contributed by atoms with Crippen molar-refractivity contribution in [1.29, 1.82) is 0 Å². The summed E-state index contributed by atoms with van der Waals surface area (Å²) in [6, 6.07) is 2.24. The Morgan fingerprint density at radius 1 is 1.60 bits per heavy atom. The Kier molecular flexibility index (Phi) is 3.36. The summed E-state index contributed by atoms with van der Waals surface area (Å²) in [7, 11) is 0. The molecule has 0 aliphatic carbocycles. The minimum atomic E-state index is 0.174. The van der Waals surface area contributed by atoms with E-state index < -0.39 is 0 Å². The van der Waals surface area contributed by atoms with Crippen LogP contribution in [0.15, 0.2) is 16.3 Å². The molecule has 0 radical (unpaired) electrons. The number of thiophene rings is 1. The number of carbonyl (C=O) groups excluding carboxylic acids is 1. The molecule has 2 rings (SSSR count). The quantitative estimate of drug-likeness (QED) is 0.749. The van der Waals surface area contributed by atoms with Crippen molar-refractivity contribution in [2.45, 2.75) is 37.1 Å². The van der Waals surface area contributed by atoms with Crippen LogP contribution in [0, 0.1) is 0 Å². The monoisotopic (exact) mass is 241 g/mol. The topological polar surface area (TPSA) is 20.3 Å². The molecule has 1 unspecified atom stereocenters. The fourth-order valence-electron chi connectivity index (χ4n) is 1.98. The van der Waals surface area contributed by atoms with Gasteiger partial charge in [0.15, 0.2) is 0 Å². The number of thiol groups is 1. The lowest BCUT2D eigenvalue weighted by molar-refractivity contribution is 0.0640. The number of carbonyl (C=O) groups is 1. The summed E-state index contributed by atoms with van der Waals surface area (Å²) in [5.74, 6) is 0.174. The Labute approximate surface area is 99.7 Å². The predicted octanol–water partition coefficient (Wildman–Crippen LogP) is 3.05. The molecule has 1 fully saturated rings. The predicted molar refractivity (Wildman–Crippen MR) is 65.9 cm³/mol. The summed E-state index contributed by atoms with van der Waals surface area (Å²) in [5, 5.41) is 1.91. The lowest BCUT2D eigenvalue weighted by Crippen LogP contribution is -2.41. The molecule has 2 nitrogen and oxygen atoms in total. The standard InChI is InChI=1S/C11H15NOS2/c1-8-4-2-3-5-12(8)11(13)10-6-9(14)7-15-10/h6-8,14H,2-5H2,1H3. The third kappa shape index (κ3) is 2.37. The van der Waals surface area contributed by atoms with Crippen LogP contribution in [-0.4, -0.2) is 23.4 Å². The maximum Gasteiger partial charge on any atom is 0.264 e. The molecule has 0 spiro atoms. The van der Waals surface area contributed by atoms with Crippen molar-refractivity contribution >= 4 is 29.9 Å². The molecule has 1 aromatic heterocycles. The third-order valence-electron chi connectivity index (χ3n) is 2.86. The van der Waals surface area contributed by atoms with Crippen molar-refractivity contribution < 1.29 is 4.79 Å². The van der Waals surface area contributed by atoms with E-state index in [-0.39, 0.29) is 5.91 Å². The average Bonchev–Trinajstić information content (AvgIpc) is 2.65. The Hall–Kier alpha value is -0.480. The number of piperidine rings is 1. The second-order valence-corrected chi connectivity index (χ2v) is 5.44. The van der Waals surface area contributed by atoms with Crippen LogP contribution in [-0.2, 0) is 0 Å². The van der Waals surface area contributed by atoms with Gasteiger partial charge in [-0.05, 0) is 32.3 Å². The summed E-state index contributed by atoms with van der Waals surface area (Å²) in [4.78, 5) is 15.8. The SMILES string of the molecule is CC1CCCCN1C(=O)c1cc(S)cs1. The molecule has 1 atom stereocenters. The molecule has 1 amide bonds. The van der Waals surface area contributed by atoms with Crippen LogP contribution in [0.1, 0.15) is 35.9 Å². The Morgan fingerprint density at radius 3 is 3.00 bits per heavy atom. The van der Waals surface area contributed by atoms with Crippen molar-refractivity contribution in [2.24, 2.45) is 0 Å². The van der Waals surface area contributed by atoms with Crippen LogP contribution >= 0.6 is 24.0 Å². The van der Waals surface area contributed by atoms with E-state index in [4.69, 9.17) is 0 Å².